The first kappa shape index (κ1) is 59.6. The molecule has 23 heteroatoms. The van der Waals surface area contributed by atoms with E-state index in [4.69, 9.17) is 18.1 Å². The Morgan fingerprint density at radius 1 is 0.456 bits per heavy atom. The zero-order valence-electron chi connectivity index (χ0n) is 34.8. The van der Waals surface area contributed by atoms with Gasteiger partial charge in [-0.25, -0.2) is 18.3 Å². The Labute approximate surface area is 348 Å². The Hall–Kier alpha value is 0.464. The molecule has 0 amide bonds. The molecule has 18 nitrogen and oxygen atoms in total. The number of hydrogen-bond donors (Lipinski definition) is 4. The van der Waals surface area contributed by atoms with Crippen molar-refractivity contribution in [2.75, 3.05) is 33.0 Å². The van der Waals surface area contributed by atoms with Gasteiger partial charge in [-0.15, -0.1) is 0 Å². The third-order valence-corrected chi connectivity index (χ3v) is 14.5. The van der Waals surface area contributed by atoms with Crippen LogP contribution in [0.25, 0.3) is 0 Å². The Bertz CT molecular complexity index is 1040. The van der Waals surface area contributed by atoms with E-state index < -0.39 is 55.9 Å². The minimum atomic E-state index is -4.58. The number of phosphoric ester groups is 4. The Morgan fingerprint density at radius 3 is 0.860 bits per heavy atom. The second-order valence-corrected chi connectivity index (χ2v) is 21.1. The van der Waals surface area contributed by atoms with Gasteiger partial charge >= 0.3 is 77.2 Å². The summed E-state index contributed by atoms with van der Waals surface area (Å²) in [5.41, 5.74) is 0. The van der Waals surface area contributed by atoms with E-state index in [0.717, 1.165) is 103 Å². The normalized spacial score (nSPS) is 16.9. The van der Waals surface area contributed by atoms with Crippen LogP contribution in [0.3, 0.4) is 0 Å². The van der Waals surface area contributed by atoms with E-state index >= 15 is 0 Å². The maximum atomic E-state index is 11.7. The van der Waals surface area contributed by atoms with Gasteiger partial charge in [0.25, 0.3) is 0 Å². The van der Waals surface area contributed by atoms with Crippen molar-refractivity contribution in [2.45, 2.75) is 182 Å². The Morgan fingerprint density at radius 2 is 0.684 bits per heavy atom. The fourth-order valence-electron chi connectivity index (χ4n) is 4.87. The van der Waals surface area contributed by atoms with Crippen molar-refractivity contribution < 1.29 is 97.9 Å². The molecule has 4 N–H and O–H groups in total. The molecule has 57 heavy (non-hydrogen) atoms. The summed E-state index contributed by atoms with van der Waals surface area (Å²) in [6.07, 6.45) is 23.9. The molecule has 0 spiro atoms. The topological polar surface area (TPSA) is 257 Å². The molecule has 0 radical (unpaired) electrons. The Balaban J connectivity index is 0. The van der Waals surface area contributed by atoms with Crippen LogP contribution in [0, 0.1) is 0 Å². The molecule has 0 aromatic carbocycles. The number of carbonyl (C=O) groups excluding carboxylic acids is 1. The van der Waals surface area contributed by atoms with E-state index in [0.29, 0.717) is 25.7 Å². The van der Waals surface area contributed by atoms with Crippen LogP contribution in [0.1, 0.15) is 182 Å². The first-order valence-electron chi connectivity index (χ1n) is 20.6. The van der Waals surface area contributed by atoms with Crippen molar-refractivity contribution in [3.05, 3.63) is 0 Å². The Kier molecular flexibility index (Phi) is 39.9. The molecule has 342 valence electrons. The molecular weight excluding hydrogens is 868 g/mol. The molecule has 0 aliphatic carbocycles. The second kappa shape index (κ2) is 38.2. The second-order valence-electron chi connectivity index (χ2n) is 13.5. The first-order valence-corrected chi connectivity index (χ1v) is 28.5. The van der Waals surface area contributed by atoms with Gasteiger partial charge in [0.2, 0.25) is 0 Å². The van der Waals surface area contributed by atoms with Gasteiger partial charge in [0.1, 0.15) is 0 Å². The summed E-state index contributed by atoms with van der Waals surface area (Å²) in [6.45, 7) is 8.44. The zero-order valence-corrected chi connectivity index (χ0v) is 39.9. The predicted octanol–water partition coefficient (Wildman–Crippen LogP) is 11.3. The number of unbranched alkanes of at least 4 members (excludes halogenated alkanes) is 20. The van der Waals surface area contributed by atoms with Crippen molar-refractivity contribution in [2.24, 2.45) is 0 Å². The standard InChI is InChI=1S/2C16H36O7P2.C2H3O3.O.Ti/c2*1-3-5-7-9-11-13-15-21-24(17,18)23-25(19,20)22-16-14-12-10-8-6-4-2;3-1-2(4)5;;/h2*3-16H2,1-2H3,(H,17,18)(H,19,20);1H2,(H,4,5);;/q;;-1;;+2/p-1. The van der Waals surface area contributed by atoms with E-state index in [-0.39, 0.29) is 33.0 Å². The molecule has 1 aliphatic heterocycles. The van der Waals surface area contributed by atoms with E-state index in [9.17, 15) is 46.0 Å². The van der Waals surface area contributed by atoms with Crippen LogP contribution in [-0.4, -0.2) is 58.6 Å². The van der Waals surface area contributed by atoms with Gasteiger partial charge in [-0.05, 0) is 25.7 Å². The van der Waals surface area contributed by atoms with Crippen LogP contribution >= 0.6 is 31.3 Å². The number of phosphoric acid groups is 4. The van der Waals surface area contributed by atoms with E-state index in [1.807, 2.05) is 0 Å². The summed E-state index contributed by atoms with van der Waals surface area (Å²) in [4.78, 5) is 47.9. The van der Waals surface area contributed by atoms with Crippen molar-refractivity contribution in [3.63, 3.8) is 0 Å². The molecular formula is C34H74O18P4Ti. The molecule has 1 fully saturated rings. The molecule has 1 rings (SSSR count). The quantitative estimate of drug-likeness (QED) is 0.0259. The molecule has 0 saturated carbocycles. The van der Waals surface area contributed by atoms with Crippen LogP contribution in [0.5, 0.6) is 0 Å². The SMILES string of the molecule is CCCCCCCCOP(=O)(O)OP(=O)(O)OCCCCCCCC.CCCCCCCCOP(=O)(O)OP(=O)(O)OCCCCCCCC.O=C1C[O][Ti](=[O])[O]1. The van der Waals surface area contributed by atoms with E-state index in [2.05, 4.69) is 43.0 Å². The van der Waals surface area contributed by atoms with E-state index in [1.54, 1.807) is 0 Å². The number of rotatable bonds is 36. The van der Waals surface area contributed by atoms with Gasteiger partial charge in [0.15, 0.2) is 0 Å². The van der Waals surface area contributed by atoms with Gasteiger partial charge in [-0.3, -0.25) is 18.1 Å². The van der Waals surface area contributed by atoms with E-state index in [1.165, 1.54) is 25.7 Å². The zero-order chi connectivity index (χ0) is 43.3. The van der Waals surface area contributed by atoms with Gasteiger partial charge in [0, 0.05) is 0 Å². The summed E-state index contributed by atoms with van der Waals surface area (Å²) in [7, 11) is -18.3. The molecule has 1 saturated heterocycles. The van der Waals surface area contributed by atoms with Gasteiger partial charge in [-0.1, -0.05) is 156 Å². The molecule has 0 aromatic rings. The number of carbonyl (C=O) groups is 1. The van der Waals surface area contributed by atoms with Crippen molar-refractivity contribution in [3.8, 4) is 0 Å². The van der Waals surface area contributed by atoms with Crippen LogP contribution in [0.15, 0.2) is 0 Å². The summed E-state index contributed by atoms with van der Waals surface area (Å²) < 4.78 is 92.6. The van der Waals surface area contributed by atoms with Gasteiger partial charge < -0.3 is 19.6 Å². The summed E-state index contributed by atoms with van der Waals surface area (Å²) in [5, 5.41) is 0. The third kappa shape index (κ3) is 44.3. The summed E-state index contributed by atoms with van der Waals surface area (Å²) in [5.74, 6) is -0.509. The van der Waals surface area contributed by atoms with Crippen molar-refractivity contribution in [1.82, 2.24) is 0 Å². The fraction of sp³-hybridized carbons (Fsp3) is 0.971. The molecule has 4 unspecified atom stereocenters. The molecule has 4 atom stereocenters. The van der Waals surface area contributed by atoms with Crippen LogP contribution in [0.2, 0.25) is 0 Å². The average Bonchev–Trinajstić information content (AvgIpc) is 3.51. The fourth-order valence-corrected chi connectivity index (χ4v) is 10.00. The number of hydrogen-bond acceptors (Lipinski definition) is 14. The van der Waals surface area contributed by atoms with Gasteiger partial charge in [-0.2, -0.15) is 8.62 Å². The minimum absolute atomic E-state index is 0.0112. The maximum absolute atomic E-state index is 11.7. The summed E-state index contributed by atoms with van der Waals surface area (Å²) >= 11 is -2.93. The first-order chi connectivity index (χ1) is 26.9. The molecule has 0 bridgehead atoms. The predicted molar refractivity (Wildman–Crippen MR) is 212 cm³/mol. The third-order valence-electron chi connectivity index (χ3n) is 7.93. The van der Waals surface area contributed by atoms with Crippen LogP contribution < -0.4 is 0 Å². The molecule has 0 aromatic heterocycles. The summed E-state index contributed by atoms with van der Waals surface area (Å²) in [6, 6.07) is 0. The monoisotopic (exact) mass is 942 g/mol. The van der Waals surface area contributed by atoms with Crippen LogP contribution in [0.4, 0.5) is 0 Å². The van der Waals surface area contributed by atoms with Crippen LogP contribution in [-0.2, 0) is 78.3 Å². The molecule has 1 aliphatic rings. The van der Waals surface area contributed by atoms with Crippen molar-refractivity contribution in [1.29, 1.82) is 0 Å². The van der Waals surface area contributed by atoms with Gasteiger partial charge in [0.05, 0.1) is 26.4 Å². The van der Waals surface area contributed by atoms with Crippen molar-refractivity contribution >= 4 is 37.3 Å². The average molecular weight is 943 g/mol. The molecule has 1 heterocycles.